The maximum atomic E-state index is 11.9. The van der Waals surface area contributed by atoms with Crippen LogP contribution in [0.1, 0.15) is 37.7 Å². The van der Waals surface area contributed by atoms with Crippen molar-refractivity contribution in [2.75, 3.05) is 34.3 Å². The number of halogens is 2. The monoisotopic (exact) mass is 522 g/mol. The molecule has 0 radical (unpaired) electrons. The molecule has 1 aromatic carbocycles. The second-order valence-corrected chi connectivity index (χ2v) is 7.47. The van der Waals surface area contributed by atoms with Crippen LogP contribution < -0.4 is 15.4 Å². The first-order chi connectivity index (χ1) is 13.0. The van der Waals surface area contributed by atoms with Crippen LogP contribution in [0.15, 0.2) is 23.2 Å². The predicted octanol–water partition coefficient (Wildman–Crippen LogP) is 3.47. The van der Waals surface area contributed by atoms with E-state index in [1.165, 1.54) is 19.3 Å². The van der Waals surface area contributed by atoms with Gasteiger partial charge in [0.05, 0.1) is 7.11 Å². The highest BCUT2D eigenvalue weighted by molar-refractivity contribution is 14.0. The predicted molar refractivity (Wildman–Crippen MR) is 126 cm³/mol. The van der Waals surface area contributed by atoms with Crippen LogP contribution >= 0.6 is 35.6 Å². The molecule has 0 saturated heterocycles. The van der Waals surface area contributed by atoms with E-state index in [4.69, 9.17) is 16.3 Å². The summed E-state index contributed by atoms with van der Waals surface area (Å²) in [6.45, 7) is 0.819. The van der Waals surface area contributed by atoms with Gasteiger partial charge in [-0.3, -0.25) is 4.79 Å². The highest BCUT2D eigenvalue weighted by Crippen LogP contribution is 2.22. The minimum absolute atomic E-state index is 0. The van der Waals surface area contributed by atoms with Crippen molar-refractivity contribution in [1.29, 1.82) is 0 Å². The van der Waals surface area contributed by atoms with Gasteiger partial charge >= 0.3 is 0 Å². The fraction of sp³-hybridized carbons (Fsp3) is 0.600. The van der Waals surface area contributed by atoms with Gasteiger partial charge < -0.3 is 20.3 Å². The van der Waals surface area contributed by atoms with Gasteiger partial charge in [0.2, 0.25) is 5.91 Å². The van der Waals surface area contributed by atoms with Gasteiger partial charge in [-0.05, 0) is 37.0 Å². The van der Waals surface area contributed by atoms with Gasteiger partial charge in [0, 0.05) is 31.7 Å². The Bertz CT molecular complexity index is 649. The number of nitrogens with one attached hydrogen (secondary N) is 2. The minimum atomic E-state index is -0.0158. The number of carbonyl (C=O) groups is 1. The Labute approximate surface area is 190 Å². The lowest BCUT2D eigenvalue weighted by atomic mass is 9.96. The van der Waals surface area contributed by atoms with E-state index in [0.29, 0.717) is 23.6 Å². The van der Waals surface area contributed by atoms with Crippen LogP contribution in [0.25, 0.3) is 0 Å². The Balaban J connectivity index is 0.00000392. The molecule has 158 valence electrons. The van der Waals surface area contributed by atoms with Crippen molar-refractivity contribution in [1.82, 2.24) is 15.5 Å². The summed E-state index contributed by atoms with van der Waals surface area (Å²) in [4.78, 5) is 17.9. The molecule has 8 heteroatoms. The smallest absolute Gasteiger partial charge is 0.243 e. The molecule has 1 amide bonds. The lowest BCUT2D eigenvalue weighted by Gasteiger charge is -2.25. The van der Waals surface area contributed by atoms with Gasteiger partial charge in [0.25, 0.3) is 0 Å². The third-order valence-corrected chi connectivity index (χ3v) is 5.12. The van der Waals surface area contributed by atoms with Gasteiger partial charge in [-0.15, -0.1) is 24.0 Å². The summed E-state index contributed by atoms with van der Waals surface area (Å²) in [5, 5.41) is 7.52. The number of nitrogens with zero attached hydrogens (tertiary/aromatic N) is 2. The summed E-state index contributed by atoms with van der Waals surface area (Å²) in [7, 11) is 5.11. The first-order valence-electron chi connectivity index (χ1n) is 9.57. The summed E-state index contributed by atoms with van der Waals surface area (Å²) < 4.78 is 5.19. The Morgan fingerprint density at radius 3 is 2.61 bits per heavy atom. The van der Waals surface area contributed by atoms with Crippen LogP contribution in [0, 0.1) is 0 Å². The van der Waals surface area contributed by atoms with E-state index in [1.54, 1.807) is 26.1 Å². The Morgan fingerprint density at radius 2 is 2.00 bits per heavy atom. The minimum Gasteiger partial charge on any atom is -0.497 e. The van der Waals surface area contributed by atoms with Crippen molar-refractivity contribution in [2.24, 2.45) is 4.99 Å². The van der Waals surface area contributed by atoms with Crippen molar-refractivity contribution in [2.45, 2.75) is 44.6 Å². The van der Waals surface area contributed by atoms with Gasteiger partial charge in [-0.2, -0.15) is 0 Å². The summed E-state index contributed by atoms with van der Waals surface area (Å²) >= 11 is 6.31. The zero-order valence-corrected chi connectivity index (χ0v) is 20.0. The van der Waals surface area contributed by atoms with Gasteiger partial charge in [-0.1, -0.05) is 36.9 Å². The van der Waals surface area contributed by atoms with E-state index in [-0.39, 0.29) is 36.4 Å². The fourth-order valence-electron chi connectivity index (χ4n) is 3.05. The van der Waals surface area contributed by atoms with Crippen molar-refractivity contribution < 1.29 is 9.53 Å². The number of benzene rings is 1. The molecule has 1 aliphatic rings. The van der Waals surface area contributed by atoms with Gasteiger partial charge in [0.15, 0.2) is 5.96 Å². The molecule has 1 fully saturated rings. The van der Waals surface area contributed by atoms with E-state index in [2.05, 4.69) is 15.6 Å². The Hall–Kier alpha value is -1.22. The SMILES string of the molecule is COc1ccc(CCNC(=NCC(=O)N(C)C)NC2CCCCC2)c(Cl)c1.I. The second-order valence-electron chi connectivity index (χ2n) is 7.07. The van der Waals surface area contributed by atoms with Crippen LogP contribution in [0.3, 0.4) is 0 Å². The van der Waals surface area contributed by atoms with E-state index >= 15 is 0 Å². The molecular formula is C20H32ClIN4O2. The van der Waals surface area contributed by atoms with Crippen molar-refractivity contribution in [3.05, 3.63) is 28.8 Å². The summed E-state index contributed by atoms with van der Waals surface area (Å²) in [6, 6.07) is 6.13. The average molecular weight is 523 g/mol. The molecule has 0 unspecified atom stereocenters. The maximum Gasteiger partial charge on any atom is 0.243 e. The number of carbonyl (C=O) groups excluding carboxylic acids is 1. The van der Waals surface area contributed by atoms with E-state index in [0.717, 1.165) is 30.6 Å². The number of likely N-dealkylation sites (N-methyl/N-ethyl adjacent to an activating group) is 1. The molecule has 0 aromatic heterocycles. The quantitative estimate of drug-likeness (QED) is 0.327. The number of amides is 1. The zero-order valence-electron chi connectivity index (χ0n) is 17.0. The summed E-state index contributed by atoms with van der Waals surface area (Å²) in [5.74, 6) is 1.43. The highest BCUT2D eigenvalue weighted by Gasteiger charge is 2.15. The van der Waals surface area contributed by atoms with Crippen molar-refractivity contribution in [3.8, 4) is 5.75 Å². The highest BCUT2D eigenvalue weighted by atomic mass is 127. The second kappa shape index (κ2) is 13.1. The number of methoxy groups -OCH3 is 1. The van der Waals surface area contributed by atoms with Crippen LogP contribution in [-0.2, 0) is 11.2 Å². The molecule has 0 aliphatic heterocycles. The third kappa shape index (κ3) is 8.43. The topological polar surface area (TPSA) is 66.0 Å². The number of hydrogen-bond acceptors (Lipinski definition) is 3. The maximum absolute atomic E-state index is 11.9. The molecule has 6 nitrogen and oxygen atoms in total. The lowest BCUT2D eigenvalue weighted by Crippen LogP contribution is -2.45. The lowest BCUT2D eigenvalue weighted by molar-refractivity contribution is -0.127. The molecule has 1 aliphatic carbocycles. The van der Waals surface area contributed by atoms with Crippen molar-refractivity contribution in [3.63, 3.8) is 0 Å². The number of hydrogen-bond donors (Lipinski definition) is 2. The molecule has 0 atom stereocenters. The number of aliphatic imine (C=N–C) groups is 1. The average Bonchev–Trinajstić information content (AvgIpc) is 2.67. The standard InChI is InChI=1S/C20H31ClN4O2.HI/c1-25(2)19(26)14-23-20(24-16-7-5-4-6-8-16)22-12-11-15-9-10-17(27-3)13-18(15)21;/h9-10,13,16H,4-8,11-12,14H2,1-3H3,(H2,22,23,24);1H. The number of guanidine groups is 1. The summed E-state index contributed by atoms with van der Waals surface area (Å²) in [5.41, 5.74) is 1.05. The molecule has 2 rings (SSSR count). The van der Waals surface area contributed by atoms with Crippen LogP contribution in [0.4, 0.5) is 0 Å². The van der Waals surface area contributed by atoms with E-state index in [1.807, 2.05) is 18.2 Å². The Morgan fingerprint density at radius 1 is 1.29 bits per heavy atom. The van der Waals surface area contributed by atoms with Crippen LogP contribution in [0.5, 0.6) is 5.75 Å². The third-order valence-electron chi connectivity index (χ3n) is 4.76. The Kier molecular flexibility index (Phi) is 11.6. The number of rotatable bonds is 7. The van der Waals surface area contributed by atoms with E-state index < -0.39 is 0 Å². The molecule has 1 aromatic rings. The van der Waals surface area contributed by atoms with E-state index in [9.17, 15) is 4.79 Å². The van der Waals surface area contributed by atoms with Crippen LogP contribution in [0.2, 0.25) is 5.02 Å². The largest absolute Gasteiger partial charge is 0.497 e. The van der Waals surface area contributed by atoms with Crippen LogP contribution in [-0.4, -0.2) is 57.1 Å². The molecule has 2 N–H and O–H groups in total. The normalized spacial score (nSPS) is 14.8. The molecule has 28 heavy (non-hydrogen) atoms. The van der Waals surface area contributed by atoms with Gasteiger partial charge in [0.1, 0.15) is 12.3 Å². The molecular weight excluding hydrogens is 491 g/mol. The number of ether oxygens (including phenoxy) is 1. The summed E-state index contributed by atoms with van der Waals surface area (Å²) in [6.07, 6.45) is 6.83. The zero-order chi connectivity index (χ0) is 19.6. The first kappa shape index (κ1) is 24.8. The van der Waals surface area contributed by atoms with Gasteiger partial charge in [-0.25, -0.2) is 4.99 Å². The molecule has 1 saturated carbocycles. The molecule has 0 bridgehead atoms. The molecule has 0 spiro atoms. The fourth-order valence-corrected chi connectivity index (χ4v) is 3.32. The first-order valence-corrected chi connectivity index (χ1v) is 9.95. The van der Waals surface area contributed by atoms with Crippen molar-refractivity contribution >= 4 is 47.4 Å². The molecule has 0 heterocycles.